The number of hydrogen-bond donors (Lipinski definition) is 1. The lowest BCUT2D eigenvalue weighted by Gasteiger charge is -2.12. The highest BCUT2D eigenvalue weighted by atomic mass is 79.9. The van der Waals surface area contributed by atoms with E-state index in [1.165, 1.54) is 12.7 Å². The minimum atomic E-state index is -0.330. The second kappa shape index (κ2) is 9.22. The molecular formula is C19H21BrN2O3. The predicted molar refractivity (Wildman–Crippen MR) is 103 cm³/mol. The van der Waals surface area contributed by atoms with E-state index in [2.05, 4.69) is 33.4 Å². The smallest absolute Gasteiger partial charge is 0.271 e. The third-order valence-corrected chi connectivity index (χ3v) is 4.14. The molecule has 0 bridgehead atoms. The van der Waals surface area contributed by atoms with Crippen LogP contribution in [0.5, 0.6) is 11.5 Å². The van der Waals surface area contributed by atoms with Gasteiger partial charge in [-0.15, -0.1) is 0 Å². The molecular weight excluding hydrogens is 384 g/mol. The zero-order valence-electron chi connectivity index (χ0n) is 14.5. The van der Waals surface area contributed by atoms with Crippen LogP contribution in [0.1, 0.15) is 35.3 Å². The first-order valence-corrected chi connectivity index (χ1v) is 8.81. The normalized spacial score (nSPS) is 10.7. The van der Waals surface area contributed by atoms with Crippen LogP contribution in [0.4, 0.5) is 0 Å². The molecule has 0 radical (unpaired) electrons. The van der Waals surface area contributed by atoms with Crippen LogP contribution in [-0.4, -0.2) is 25.8 Å². The first kappa shape index (κ1) is 19.0. The van der Waals surface area contributed by atoms with Crippen LogP contribution >= 0.6 is 15.9 Å². The van der Waals surface area contributed by atoms with E-state index in [0.717, 1.165) is 12.0 Å². The Morgan fingerprint density at radius 1 is 1.24 bits per heavy atom. The Labute approximate surface area is 156 Å². The van der Waals surface area contributed by atoms with Crippen LogP contribution < -0.4 is 14.9 Å². The van der Waals surface area contributed by atoms with Gasteiger partial charge in [0.05, 0.1) is 24.4 Å². The summed E-state index contributed by atoms with van der Waals surface area (Å²) in [6.45, 7) is 4.49. The number of carbonyl (C=O) groups is 1. The number of aryl methyl sites for hydroxylation is 1. The number of halogens is 1. The summed E-state index contributed by atoms with van der Waals surface area (Å²) in [5.41, 5.74) is 5.12. The van der Waals surface area contributed by atoms with Crippen molar-refractivity contribution in [2.45, 2.75) is 20.3 Å². The fourth-order valence-electron chi connectivity index (χ4n) is 2.20. The molecule has 2 rings (SSSR count). The van der Waals surface area contributed by atoms with Gasteiger partial charge in [-0.3, -0.25) is 4.79 Å². The average Bonchev–Trinajstić information content (AvgIpc) is 2.63. The average molecular weight is 405 g/mol. The van der Waals surface area contributed by atoms with Crippen LogP contribution in [-0.2, 0) is 6.42 Å². The summed E-state index contributed by atoms with van der Waals surface area (Å²) < 4.78 is 11.5. The highest BCUT2D eigenvalue weighted by molar-refractivity contribution is 9.10. The van der Waals surface area contributed by atoms with Crippen molar-refractivity contribution in [1.82, 2.24) is 5.43 Å². The van der Waals surface area contributed by atoms with Gasteiger partial charge in [0.25, 0.3) is 5.91 Å². The molecule has 0 saturated heterocycles. The Bertz CT molecular complexity index is 758. The summed E-state index contributed by atoms with van der Waals surface area (Å²) in [6.07, 6.45) is 2.60. The van der Waals surface area contributed by atoms with Gasteiger partial charge in [0.15, 0.2) is 11.5 Å². The van der Waals surface area contributed by atoms with Gasteiger partial charge in [-0.25, -0.2) is 5.43 Å². The van der Waals surface area contributed by atoms with Gasteiger partial charge < -0.3 is 9.47 Å². The van der Waals surface area contributed by atoms with Crippen LogP contribution in [0, 0.1) is 0 Å². The van der Waals surface area contributed by atoms with Crippen molar-refractivity contribution < 1.29 is 14.3 Å². The summed E-state index contributed by atoms with van der Waals surface area (Å²) in [5.74, 6) is 0.727. The van der Waals surface area contributed by atoms with Gasteiger partial charge in [0.2, 0.25) is 0 Å². The number of carbonyl (C=O) groups excluding carboxylic acids is 1. The molecule has 0 saturated carbocycles. The number of ether oxygens (including phenoxy) is 2. The molecule has 0 spiro atoms. The number of methoxy groups -OCH3 is 1. The summed E-state index contributed by atoms with van der Waals surface area (Å²) >= 11 is 3.40. The number of nitrogens with one attached hydrogen (secondary N) is 1. The maximum absolute atomic E-state index is 12.3. The van der Waals surface area contributed by atoms with Crippen molar-refractivity contribution in [3.63, 3.8) is 0 Å². The van der Waals surface area contributed by atoms with Crippen molar-refractivity contribution in [2.75, 3.05) is 13.7 Å². The Balaban J connectivity index is 2.09. The zero-order chi connectivity index (χ0) is 18.2. The number of nitrogens with zero attached hydrogens (tertiary/aromatic N) is 1. The van der Waals surface area contributed by atoms with Crippen LogP contribution in [0.15, 0.2) is 46.0 Å². The van der Waals surface area contributed by atoms with Gasteiger partial charge in [-0.1, -0.05) is 31.2 Å². The minimum Gasteiger partial charge on any atom is -0.493 e. The Kier molecular flexibility index (Phi) is 7.01. The Morgan fingerprint density at radius 2 is 1.96 bits per heavy atom. The van der Waals surface area contributed by atoms with Gasteiger partial charge >= 0.3 is 0 Å². The molecule has 0 fully saturated rings. The van der Waals surface area contributed by atoms with Crippen molar-refractivity contribution in [3.8, 4) is 11.5 Å². The largest absolute Gasteiger partial charge is 0.493 e. The lowest BCUT2D eigenvalue weighted by Crippen LogP contribution is -2.18. The molecule has 0 atom stereocenters. The third kappa shape index (κ3) is 5.06. The van der Waals surface area contributed by atoms with Crippen LogP contribution in [0.3, 0.4) is 0 Å². The maximum Gasteiger partial charge on any atom is 0.271 e. The fraction of sp³-hybridized carbons (Fsp3) is 0.263. The molecule has 0 aliphatic carbocycles. The molecule has 0 aliphatic rings. The monoisotopic (exact) mass is 404 g/mol. The summed E-state index contributed by atoms with van der Waals surface area (Å²) in [7, 11) is 1.53. The summed E-state index contributed by atoms with van der Waals surface area (Å²) in [6, 6.07) is 11.3. The van der Waals surface area contributed by atoms with E-state index in [-0.39, 0.29) is 5.91 Å². The highest BCUT2D eigenvalue weighted by Crippen LogP contribution is 2.36. The fourth-order valence-corrected chi connectivity index (χ4v) is 2.76. The lowest BCUT2D eigenvalue weighted by molar-refractivity contribution is 0.0954. The minimum absolute atomic E-state index is 0.330. The maximum atomic E-state index is 12.3. The summed E-state index contributed by atoms with van der Waals surface area (Å²) in [4.78, 5) is 12.3. The second-order valence-electron chi connectivity index (χ2n) is 5.22. The molecule has 2 aromatic rings. The lowest BCUT2D eigenvalue weighted by atomic mass is 10.1. The number of amides is 1. The number of rotatable bonds is 7. The van der Waals surface area contributed by atoms with E-state index in [0.29, 0.717) is 28.1 Å². The molecule has 1 amide bonds. The quantitative estimate of drug-likeness (QED) is 0.555. The summed E-state index contributed by atoms with van der Waals surface area (Å²) in [5, 5.41) is 4.01. The molecule has 25 heavy (non-hydrogen) atoms. The van der Waals surface area contributed by atoms with E-state index in [1.54, 1.807) is 18.3 Å². The van der Waals surface area contributed by atoms with Crippen molar-refractivity contribution in [2.24, 2.45) is 5.10 Å². The predicted octanol–water partition coefficient (Wildman–Crippen LogP) is 4.18. The van der Waals surface area contributed by atoms with Gasteiger partial charge in [0.1, 0.15) is 0 Å². The second-order valence-corrected chi connectivity index (χ2v) is 6.07. The van der Waals surface area contributed by atoms with E-state index < -0.39 is 0 Å². The first-order valence-electron chi connectivity index (χ1n) is 8.01. The molecule has 2 aromatic carbocycles. The van der Waals surface area contributed by atoms with Crippen molar-refractivity contribution >= 4 is 28.1 Å². The number of benzene rings is 2. The number of hydrogen-bond acceptors (Lipinski definition) is 4. The SMILES string of the molecule is CCOc1c(Br)cc(C(=O)N/N=C\c2ccc(CC)cc2)cc1OC. The van der Waals surface area contributed by atoms with Gasteiger partial charge in [0, 0.05) is 5.56 Å². The van der Waals surface area contributed by atoms with Gasteiger partial charge in [-0.2, -0.15) is 5.10 Å². The van der Waals surface area contributed by atoms with E-state index in [4.69, 9.17) is 9.47 Å². The Morgan fingerprint density at radius 3 is 2.56 bits per heavy atom. The van der Waals surface area contributed by atoms with Crippen molar-refractivity contribution in [3.05, 3.63) is 57.6 Å². The van der Waals surface area contributed by atoms with Crippen LogP contribution in [0.2, 0.25) is 0 Å². The van der Waals surface area contributed by atoms with Crippen LogP contribution in [0.25, 0.3) is 0 Å². The molecule has 0 aromatic heterocycles. The zero-order valence-corrected chi connectivity index (χ0v) is 16.1. The van der Waals surface area contributed by atoms with E-state index in [9.17, 15) is 4.79 Å². The Hall–Kier alpha value is -2.34. The standard InChI is InChI=1S/C19H21BrN2O3/c1-4-13-6-8-14(9-7-13)12-21-22-19(23)15-10-16(20)18(25-5-2)17(11-15)24-3/h6-12H,4-5H2,1-3H3,(H,22,23)/b21-12-. The molecule has 5 nitrogen and oxygen atoms in total. The molecule has 0 heterocycles. The van der Waals surface area contributed by atoms with E-state index >= 15 is 0 Å². The molecule has 0 aliphatic heterocycles. The molecule has 6 heteroatoms. The number of hydrazone groups is 1. The molecule has 1 N–H and O–H groups in total. The molecule has 132 valence electrons. The topological polar surface area (TPSA) is 59.9 Å². The van der Waals surface area contributed by atoms with E-state index in [1.807, 2.05) is 31.2 Å². The molecule has 0 unspecified atom stereocenters. The highest BCUT2D eigenvalue weighted by Gasteiger charge is 2.15. The van der Waals surface area contributed by atoms with Crippen molar-refractivity contribution in [1.29, 1.82) is 0 Å². The van der Waals surface area contributed by atoms with Gasteiger partial charge in [-0.05, 0) is 52.5 Å². The third-order valence-electron chi connectivity index (χ3n) is 3.55. The first-order chi connectivity index (χ1) is 12.1.